The second-order valence-electron chi connectivity index (χ2n) is 4.76. The highest BCUT2D eigenvalue weighted by atomic mass is 19.1. The molecule has 1 aromatic rings. The maximum atomic E-state index is 12.7. The highest BCUT2D eigenvalue weighted by Crippen LogP contribution is 2.12. The van der Waals surface area contributed by atoms with Crippen molar-refractivity contribution in [3.8, 4) is 0 Å². The Morgan fingerprint density at radius 1 is 1.61 bits per heavy atom. The molecule has 1 amide bonds. The quantitative estimate of drug-likeness (QED) is 0.880. The first-order chi connectivity index (χ1) is 8.66. The van der Waals surface area contributed by atoms with E-state index in [1.165, 1.54) is 12.1 Å². The van der Waals surface area contributed by atoms with E-state index in [9.17, 15) is 9.18 Å². The number of hydrogen-bond donors (Lipinski definition) is 1. The van der Waals surface area contributed by atoms with Gasteiger partial charge in [-0.3, -0.25) is 4.79 Å². The Hall–Kier alpha value is -1.49. The van der Waals surface area contributed by atoms with Gasteiger partial charge in [-0.05, 0) is 44.0 Å². The molecule has 0 bridgehead atoms. The molecular weight excluding hydrogens is 233 g/mol. The van der Waals surface area contributed by atoms with E-state index in [4.69, 9.17) is 0 Å². The molecule has 0 saturated carbocycles. The third-order valence-corrected chi connectivity index (χ3v) is 3.22. The first kappa shape index (κ1) is 13.0. The van der Waals surface area contributed by atoms with Crippen LogP contribution in [0.25, 0.3) is 0 Å². The minimum atomic E-state index is -0.425. The van der Waals surface area contributed by atoms with E-state index >= 15 is 0 Å². The van der Waals surface area contributed by atoms with Gasteiger partial charge in [0.05, 0.1) is 6.20 Å². The van der Waals surface area contributed by atoms with Crippen LogP contribution in [0.1, 0.15) is 23.3 Å². The van der Waals surface area contributed by atoms with Crippen molar-refractivity contribution >= 4 is 5.91 Å². The fourth-order valence-electron chi connectivity index (χ4n) is 2.25. The summed E-state index contributed by atoms with van der Waals surface area (Å²) in [7, 11) is 1.77. The largest absolute Gasteiger partial charge is 0.340 e. The lowest BCUT2D eigenvalue weighted by atomic mass is 9.99. The smallest absolute Gasteiger partial charge is 0.272 e. The Morgan fingerprint density at radius 3 is 3.06 bits per heavy atom. The monoisotopic (exact) mass is 251 g/mol. The zero-order valence-corrected chi connectivity index (χ0v) is 10.5. The highest BCUT2D eigenvalue weighted by Gasteiger charge is 2.19. The molecule has 1 atom stereocenters. The molecular formula is C13H18FN3O. The number of carbonyl (C=O) groups excluding carboxylic acids is 1. The third-order valence-electron chi connectivity index (χ3n) is 3.22. The fraction of sp³-hybridized carbons (Fsp3) is 0.538. The number of carbonyl (C=O) groups is 1. The van der Waals surface area contributed by atoms with E-state index in [2.05, 4.69) is 10.3 Å². The van der Waals surface area contributed by atoms with Gasteiger partial charge in [0.1, 0.15) is 11.5 Å². The maximum Gasteiger partial charge on any atom is 0.272 e. The Labute approximate surface area is 106 Å². The molecule has 1 unspecified atom stereocenters. The van der Waals surface area contributed by atoms with Crippen LogP contribution in [-0.4, -0.2) is 42.5 Å². The van der Waals surface area contributed by atoms with Gasteiger partial charge >= 0.3 is 0 Å². The predicted octanol–water partition coefficient (Wildman–Crippen LogP) is 1.29. The van der Waals surface area contributed by atoms with Crippen molar-refractivity contribution in [1.82, 2.24) is 15.2 Å². The van der Waals surface area contributed by atoms with Crippen molar-refractivity contribution in [3.63, 3.8) is 0 Å². The van der Waals surface area contributed by atoms with Gasteiger partial charge in [0.25, 0.3) is 5.91 Å². The lowest BCUT2D eigenvalue weighted by Crippen LogP contribution is -2.39. The Morgan fingerprint density at radius 2 is 2.44 bits per heavy atom. The molecule has 0 aliphatic carbocycles. The van der Waals surface area contributed by atoms with Gasteiger partial charge in [0.2, 0.25) is 0 Å². The normalized spacial score (nSPS) is 19.6. The molecule has 18 heavy (non-hydrogen) atoms. The highest BCUT2D eigenvalue weighted by molar-refractivity contribution is 5.92. The number of amides is 1. The molecule has 1 saturated heterocycles. The van der Waals surface area contributed by atoms with E-state index in [1.54, 1.807) is 11.9 Å². The lowest BCUT2D eigenvalue weighted by Gasteiger charge is -2.27. The molecule has 4 nitrogen and oxygen atoms in total. The molecule has 2 heterocycles. The van der Waals surface area contributed by atoms with Crippen LogP contribution in [-0.2, 0) is 0 Å². The summed E-state index contributed by atoms with van der Waals surface area (Å²) in [6, 6.07) is 2.68. The van der Waals surface area contributed by atoms with E-state index in [0.29, 0.717) is 18.2 Å². The standard InChI is InChI=1S/C13H18FN3O/c1-17(9-10-3-2-6-15-7-10)13(18)12-5-4-11(14)8-16-12/h4-5,8,10,15H,2-3,6-7,9H2,1H3. The number of aromatic nitrogens is 1. The number of piperidine rings is 1. The van der Waals surface area contributed by atoms with E-state index in [0.717, 1.165) is 32.1 Å². The van der Waals surface area contributed by atoms with Crippen molar-refractivity contribution in [1.29, 1.82) is 0 Å². The minimum absolute atomic E-state index is 0.152. The third kappa shape index (κ3) is 3.26. The summed E-state index contributed by atoms with van der Waals surface area (Å²) in [5.74, 6) is -0.0839. The van der Waals surface area contributed by atoms with E-state index < -0.39 is 5.82 Å². The second-order valence-corrected chi connectivity index (χ2v) is 4.76. The zero-order valence-electron chi connectivity index (χ0n) is 10.5. The van der Waals surface area contributed by atoms with Gasteiger partial charge in [0.15, 0.2) is 0 Å². The van der Waals surface area contributed by atoms with Crippen LogP contribution in [0.3, 0.4) is 0 Å². The van der Waals surface area contributed by atoms with Gasteiger partial charge in [-0.2, -0.15) is 0 Å². The van der Waals surface area contributed by atoms with Crippen LogP contribution in [0.4, 0.5) is 4.39 Å². The fourth-order valence-corrected chi connectivity index (χ4v) is 2.25. The van der Waals surface area contributed by atoms with Crippen molar-refractivity contribution < 1.29 is 9.18 Å². The van der Waals surface area contributed by atoms with Crippen LogP contribution in [0.2, 0.25) is 0 Å². The molecule has 2 rings (SSSR count). The molecule has 0 aromatic carbocycles. The Bertz CT molecular complexity index is 401. The van der Waals surface area contributed by atoms with Gasteiger partial charge in [-0.25, -0.2) is 9.37 Å². The summed E-state index contributed by atoms with van der Waals surface area (Å²) in [5.41, 5.74) is 0.294. The SMILES string of the molecule is CN(CC1CCCNC1)C(=O)c1ccc(F)cn1. The average molecular weight is 251 g/mol. The zero-order chi connectivity index (χ0) is 13.0. The number of rotatable bonds is 3. The molecule has 98 valence electrons. The van der Waals surface area contributed by atoms with Crippen LogP contribution in [0.5, 0.6) is 0 Å². The first-order valence-electron chi connectivity index (χ1n) is 6.24. The summed E-state index contributed by atoms with van der Waals surface area (Å²) >= 11 is 0. The Balaban J connectivity index is 1.93. The maximum absolute atomic E-state index is 12.7. The van der Waals surface area contributed by atoms with E-state index in [-0.39, 0.29) is 5.91 Å². The number of nitrogens with zero attached hydrogens (tertiary/aromatic N) is 2. The summed E-state index contributed by atoms with van der Waals surface area (Å²) in [4.78, 5) is 17.5. The first-order valence-corrected chi connectivity index (χ1v) is 6.24. The van der Waals surface area contributed by atoms with Gasteiger partial charge in [-0.1, -0.05) is 0 Å². The van der Waals surface area contributed by atoms with Gasteiger partial charge in [0, 0.05) is 13.6 Å². The number of nitrogens with one attached hydrogen (secondary N) is 1. The number of halogens is 1. The second kappa shape index (κ2) is 5.91. The number of pyridine rings is 1. The molecule has 1 aliphatic heterocycles. The van der Waals surface area contributed by atoms with Crippen molar-refractivity contribution in [2.24, 2.45) is 5.92 Å². The molecule has 0 radical (unpaired) electrons. The van der Waals surface area contributed by atoms with Crippen molar-refractivity contribution in [3.05, 3.63) is 29.8 Å². The summed E-state index contributed by atoms with van der Waals surface area (Å²) in [6.45, 7) is 2.73. The van der Waals surface area contributed by atoms with Crippen molar-refractivity contribution in [2.75, 3.05) is 26.7 Å². The van der Waals surface area contributed by atoms with Gasteiger partial charge in [-0.15, -0.1) is 0 Å². The average Bonchev–Trinajstić information content (AvgIpc) is 2.40. The molecule has 1 fully saturated rings. The van der Waals surface area contributed by atoms with Crippen LogP contribution in [0.15, 0.2) is 18.3 Å². The van der Waals surface area contributed by atoms with Crippen LogP contribution >= 0.6 is 0 Å². The van der Waals surface area contributed by atoms with Crippen molar-refractivity contribution in [2.45, 2.75) is 12.8 Å². The van der Waals surface area contributed by atoms with Gasteiger partial charge < -0.3 is 10.2 Å². The molecule has 1 N–H and O–H groups in total. The molecule has 0 spiro atoms. The molecule has 1 aromatic heterocycles. The summed E-state index contributed by atoms with van der Waals surface area (Å²) in [6.07, 6.45) is 3.37. The topological polar surface area (TPSA) is 45.2 Å². The minimum Gasteiger partial charge on any atom is -0.340 e. The van der Waals surface area contributed by atoms with Crippen LogP contribution < -0.4 is 5.32 Å². The number of hydrogen-bond acceptors (Lipinski definition) is 3. The van der Waals surface area contributed by atoms with E-state index in [1.807, 2.05) is 0 Å². The Kier molecular flexibility index (Phi) is 4.25. The summed E-state index contributed by atoms with van der Waals surface area (Å²) < 4.78 is 12.7. The predicted molar refractivity (Wildman–Crippen MR) is 66.7 cm³/mol. The molecule has 1 aliphatic rings. The molecule has 5 heteroatoms. The summed E-state index contributed by atoms with van der Waals surface area (Å²) in [5, 5.41) is 3.32. The van der Waals surface area contributed by atoms with Crippen LogP contribution in [0, 0.1) is 11.7 Å². The lowest BCUT2D eigenvalue weighted by molar-refractivity contribution is 0.0759.